The molecular weight excluding hydrogens is 320 g/mol. The van der Waals surface area contributed by atoms with Crippen LogP contribution in [0.1, 0.15) is 33.1 Å². The van der Waals surface area contributed by atoms with Crippen LogP contribution in [0.15, 0.2) is 18.5 Å². The lowest BCUT2D eigenvalue weighted by Crippen LogP contribution is -2.54. The van der Waals surface area contributed by atoms with Gasteiger partial charge in [0.05, 0.1) is 12.5 Å². The summed E-state index contributed by atoms with van der Waals surface area (Å²) >= 11 is 0. The number of amides is 1. The predicted octanol–water partition coefficient (Wildman–Crippen LogP) is 0.841. The molecular formula is C15H25ClN4O3. The minimum absolute atomic E-state index is 0. The third-order valence-corrected chi connectivity index (χ3v) is 3.78. The van der Waals surface area contributed by atoms with Gasteiger partial charge in [0.15, 0.2) is 0 Å². The van der Waals surface area contributed by atoms with Crippen molar-refractivity contribution in [1.29, 1.82) is 0 Å². The van der Waals surface area contributed by atoms with Gasteiger partial charge in [0.1, 0.15) is 5.54 Å². The largest absolute Gasteiger partial charge is 0.463 e. The van der Waals surface area contributed by atoms with Gasteiger partial charge < -0.3 is 15.4 Å². The van der Waals surface area contributed by atoms with Crippen LogP contribution in [-0.4, -0.2) is 47.4 Å². The van der Waals surface area contributed by atoms with Gasteiger partial charge in [-0.2, -0.15) is 5.10 Å². The lowest BCUT2D eigenvalue weighted by Gasteiger charge is -2.36. The Kier molecular flexibility index (Phi) is 7.51. The van der Waals surface area contributed by atoms with Crippen molar-refractivity contribution in [2.45, 2.75) is 44.8 Å². The first kappa shape index (κ1) is 19.4. The Bertz CT molecular complexity index is 499. The molecule has 0 aliphatic carbocycles. The van der Waals surface area contributed by atoms with Crippen molar-refractivity contribution in [2.75, 3.05) is 19.6 Å². The van der Waals surface area contributed by atoms with Crippen LogP contribution >= 0.6 is 12.4 Å². The van der Waals surface area contributed by atoms with E-state index in [2.05, 4.69) is 15.7 Å². The van der Waals surface area contributed by atoms with E-state index in [1.54, 1.807) is 24.7 Å². The molecule has 1 amide bonds. The van der Waals surface area contributed by atoms with Crippen molar-refractivity contribution in [3.05, 3.63) is 18.5 Å². The highest BCUT2D eigenvalue weighted by molar-refractivity contribution is 5.85. The number of esters is 1. The number of hydrogen-bond donors (Lipinski definition) is 2. The summed E-state index contributed by atoms with van der Waals surface area (Å²) in [6, 6.07) is 1.82. The Balaban J connectivity index is 0.00000264. The summed E-state index contributed by atoms with van der Waals surface area (Å²) in [4.78, 5) is 24.2. The SMILES string of the molecule is CC(C)OC(=O)CCNC(=O)C1(n2cccn2)CCNCC1.Cl. The number of piperidine rings is 1. The molecule has 0 radical (unpaired) electrons. The van der Waals surface area contributed by atoms with E-state index in [9.17, 15) is 9.59 Å². The molecule has 130 valence electrons. The molecule has 1 aliphatic rings. The molecule has 0 atom stereocenters. The molecule has 2 rings (SSSR count). The fourth-order valence-corrected chi connectivity index (χ4v) is 2.69. The van der Waals surface area contributed by atoms with Crippen LogP contribution in [0, 0.1) is 0 Å². The fourth-order valence-electron chi connectivity index (χ4n) is 2.69. The molecule has 1 aromatic heterocycles. The molecule has 0 bridgehead atoms. The second-order valence-electron chi connectivity index (χ2n) is 5.78. The molecule has 0 spiro atoms. The normalized spacial score (nSPS) is 16.5. The van der Waals surface area contributed by atoms with E-state index in [4.69, 9.17) is 4.74 Å². The molecule has 1 aromatic rings. The first-order valence-corrected chi connectivity index (χ1v) is 7.73. The Morgan fingerprint density at radius 2 is 2.09 bits per heavy atom. The highest BCUT2D eigenvalue weighted by atomic mass is 35.5. The molecule has 0 saturated carbocycles. The number of nitrogens with one attached hydrogen (secondary N) is 2. The lowest BCUT2D eigenvalue weighted by molar-refractivity contribution is -0.147. The monoisotopic (exact) mass is 344 g/mol. The number of hydrogen-bond acceptors (Lipinski definition) is 5. The number of carbonyl (C=O) groups is 2. The Labute approximate surface area is 142 Å². The van der Waals surface area contributed by atoms with Crippen LogP contribution in [0.25, 0.3) is 0 Å². The smallest absolute Gasteiger partial charge is 0.307 e. The van der Waals surface area contributed by atoms with Crippen LogP contribution in [-0.2, 0) is 19.9 Å². The Morgan fingerprint density at radius 3 is 2.65 bits per heavy atom. The zero-order valence-corrected chi connectivity index (χ0v) is 14.4. The van der Waals surface area contributed by atoms with E-state index >= 15 is 0 Å². The van der Waals surface area contributed by atoms with Gasteiger partial charge in [-0.1, -0.05) is 0 Å². The highest BCUT2D eigenvalue weighted by Crippen LogP contribution is 2.27. The van der Waals surface area contributed by atoms with Crippen LogP contribution in [0.3, 0.4) is 0 Å². The summed E-state index contributed by atoms with van der Waals surface area (Å²) in [5.74, 6) is -0.385. The summed E-state index contributed by atoms with van der Waals surface area (Å²) in [6.45, 7) is 5.42. The van der Waals surface area contributed by atoms with Crippen molar-refractivity contribution >= 4 is 24.3 Å². The predicted molar refractivity (Wildman–Crippen MR) is 88.4 cm³/mol. The van der Waals surface area contributed by atoms with Gasteiger partial charge in [0.25, 0.3) is 0 Å². The second-order valence-corrected chi connectivity index (χ2v) is 5.78. The molecule has 0 unspecified atom stereocenters. The summed E-state index contributed by atoms with van der Waals surface area (Å²) in [5.41, 5.74) is -0.670. The van der Waals surface area contributed by atoms with Crippen molar-refractivity contribution in [3.63, 3.8) is 0 Å². The van der Waals surface area contributed by atoms with Gasteiger partial charge >= 0.3 is 5.97 Å². The minimum atomic E-state index is -0.670. The van der Waals surface area contributed by atoms with Crippen molar-refractivity contribution in [1.82, 2.24) is 20.4 Å². The van der Waals surface area contributed by atoms with Crippen molar-refractivity contribution in [3.8, 4) is 0 Å². The molecule has 2 N–H and O–H groups in total. The van der Waals surface area contributed by atoms with Crippen LogP contribution in [0.4, 0.5) is 0 Å². The molecule has 1 fully saturated rings. The number of carbonyl (C=O) groups excluding carboxylic acids is 2. The summed E-state index contributed by atoms with van der Waals surface area (Å²) in [6.07, 6.45) is 4.89. The van der Waals surface area contributed by atoms with Crippen molar-refractivity contribution in [2.24, 2.45) is 0 Å². The average Bonchev–Trinajstić information content (AvgIpc) is 3.01. The van der Waals surface area contributed by atoms with Gasteiger partial charge in [-0.25, -0.2) is 0 Å². The van der Waals surface area contributed by atoms with Crippen molar-refractivity contribution < 1.29 is 14.3 Å². The van der Waals surface area contributed by atoms with E-state index in [-0.39, 0.29) is 43.4 Å². The summed E-state index contributed by atoms with van der Waals surface area (Å²) in [5, 5.41) is 10.4. The molecule has 0 aromatic carbocycles. The number of halogens is 1. The number of ether oxygens (including phenoxy) is 1. The maximum absolute atomic E-state index is 12.7. The third kappa shape index (κ3) is 4.94. The molecule has 7 nitrogen and oxygen atoms in total. The number of rotatable bonds is 6. The lowest BCUT2D eigenvalue weighted by atomic mass is 9.87. The molecule has 1 aliphatic heterocycles. The Morgan fingerprint density at radius 1 is 1.39 bits per heavy atom. The topological polar surface area (TPSA) is 85.2 Å². The molecule has 23 heavy (non-hydrogen) atoms. The van der Waals surface area contributed by atoms with E-state index in [0.29, 0.717) is 12.8 Å². The molecule has 8 heteroatoms. The zero-order chi connectivity index (χ0) is 16.0. The summed E-state index contributed by atoms with van der Waals surface area (Å²) < 4.78 is 6.79. The number of aromatic nitrogens is 2. The maximum Gasteiger partial charge on any atom is 0.307 e. The van der Waals surface area contributed by atoms with Crippen LogP contribution < -0.4 is 10.6 Å². The quantitative estimate of drug-likeness (QED) is 0.747. The standard InChI is InChI=1S/C15H24N4O3.ClH/c1-12(2)22-13(20)4-8-17-14(21)15(5-9-16-10-6-15)19-11-3-7-18-19;/h3,7,11-12,16H,4-6,8-10H2,1-2H3,(H,17,21);1H. The molecule has 2 heterocycles. The summed E-state index contributed by atoms with van der Waals surface area (Å²) in [7, 11) is 0. The van der Waals surface area contributed by atoms with Gasteiger partial charge in [-0.15, -0.1) is 12.4 Å². The minimum Gasteiger partial charge on any atom is -0.463 e. The maximum atomic E-state index is 12.7. The molecule has 1 saturated heterocycles. The first-order chi connectivity index (χ1) is 10.5. The second kappa shape index (κ2) is 8.88. The van der Waals surface area contributed by atoms with Crippen LogP contribution in [0.2, 0.25) is 0 Å². The van der Waals surface area contributed by atoms with Gasteiger partial charge in [0, 0.05) is 18.9 Å². The highest BCUT2D eigenvalue weighted by Gasteiger charge is 2.41. The van der Waals surface area contributed by atoms with Gasteiger partial charge in [0.2, 0.25) is 5.91 Å². The van der Waals surface area contributed by atoms with E-state index in [0.717, 1.165) is 13.1 Å². The van der Waals surface area contributed by atoms with E-state index in [1.165, 1.54) is 0 Å². The fraction of sp³-hybridized carbons (Fsp3) is 0.667. The van der Waals surface area contributed by atoms with Gasteiger partial charge in [-0.3, -0.25) is 14.3 Å². The van der Waals surface area contributed by atoms with E-state index in [1.807, 2.05) is 12.3 Å². The third-order valence-electron chi connectivity index (χ3n) is 3.78. The average molecular weight is 345 g/mol. The first-order valence-electron chi connectivity index (χ1n) is 7.73. The van der Waals surface area contributed by atoms with E-state index < -0.39 is 5.54 Å². The number of nitrogens with zero attached hydrogens (tertiary/aromatic N) is 2. The zero-order valence-electron chi connectivity index (χ0n) is 13.6. The van der Waals surface area contributed by atoms with Gasteiger partial charge in [-0.05, 0) is 45.8 Å². The van der Waals surface area contributed by atoms with Crippen LogP contribution in [0.5, 0.6) is 0 Å². The Hall–Kier alpha value is -1.60.